The maximum Gasteiger partial charge on any atom is 0.272 e. The molecule has 5 heterocycles. The average Bonchev–Trinajstić information content (AvgIpc) is 3.60. The van der Waals surface area contributed by atoms with Crippen LogP contribution < -0.4 is 10.1 Å². The van der Waals surface area contributed by atoms with E-state index in [2.05, 4.69) is 35.7 Å². The SMILES string of the molecule is COc1ccc(C(=O)Nc2cc(C3CCCCN3C(=O)c3[nH]nc4c3CCc3ncccc3-4)[nH]n2)cn1. The molecule has 1 fully saturated rings. The summed E-state index contributed by atoms with van der Waals surface area (Å²) in [7, 11) is 1.52. The van der Waals surface area contributed by atoms with Crippen LogP contribution in [0.2, 0.25) is 0 Å². The molecule has 11 heteroatoms. The highest BCUT2D eigenvalue weighted by Crippen LogP contribution is 2.36. The summed E-state index contributed by atoms with van der Waals surface area (Å²) in [6.07, 6.45) is 7.45. The normalized spacial score (nSPS) is 16.6. The number of nitrogens with one attached hydrogen (secondary N) is 3. The number of methoxy groups -OCH3 is 1. The first kappa shape index (κ1) is 22.9. The van der Waals surface area contributed by atoms with Crippen molar-refractivity contribution in [3.05, 3.63) is 70.9 Å². The van der Waals surface area contributed by atoms with Crippen molar-refractivity contribution in [1.82, 2.24) is 35.3 Å². The van der Waals surface area contributed by atoms with Crippen LogP contribution in [0.4, 0.5) is 5.82 Å². The maximum atomic E-state index is 13.8. The van der Waals surface area contributed by atoms with Gasteiger partial charge in [-0.1, -0.05) is 0 Å². The van der Waals surface area contributed by atoms with Gasteiger partial charge >= 0.3 is 0 Å². The Morgan fingerprint density at radius 1 is 1.11 bits per heavy atom. The highest BCUT2D eigenvalue weighted by atomic mass is 16.5. The Morgan fingerprint density at radius 3 is 2.86 bits per heavy atom. The lowest BCUT2D eigenvalue weighted by Gasteiger charge is -2.35. The van der Waals surface area contributed by atoms with E-state index in [1.54, 1.807) is 24.4 Å². The molecule has 2 aliphatic rings. The van der Waals surface area contributed by atoms with Crippen molar-refractivity contribution in [1.29, 1.82) is 0 Å². The van der Waals surface area contributed by atoms with Crippen molar-refractivity contribution < 1.29 is 14.3 Å². The minimum atomic E-state index is -0.330. The quantitative estimate of drug-likeness (QED) is 0.383. The molecule has 3 N–H and O–H groups in total. The molecule has 1 aliphatic heterocycles. The lowest BCUT2D eigenvalue weighted by Crippen LogP contribution is -2.39. The minimum Gasteiger partial charge on any atom is -0.481 e. The zero-order valence-corrected chi connectivity index (χ0v) is 20.3. The number of H-pyrrole nitrogens is 2. The maximum absolute atomic E-state index is 13.8. The number of ether oxygens (including phenoxy) is 1. The van der Waals surface area contributed by atoms with Gasteiger partial charge in [-0.25, -0.2) is 4.98 Å². The molecule has 6 rings (SSSR count). The number of aryl methyl sites for hydroxylation is 1. The summed E-state index contributed by atoms with van der Waals surface area (Å²) in [5, 5.41) is 17.6. The van der Waals surface area contributed by atoms with Gasteiger partial charge in [0.2, 0.25) is 5.88 Å². The van der Waals surface area contributed by atoms with E-state index in [9.17, 15) is 9.59 Å². The lowest BCUT2D eigenvalue weighted by molar-refractivity contribution is 0.0598. The highest BCUT2D eigenvalue weighted by Gasteiger charge is 2.34. The van der Waals surface area contributed by atoms with Crippen molar-refractivity contribution in [2.24, 2.45) is 0 Å². The second-order valence-corrected chi connectivity index (χ2v) is 9.19. The van der Waals surface area contributed by atoms with Gasteiger partial charge < -0.3 is 15.0 Å². The molecule has 1 saturated heterocycles. The van der Waals surface area contributed by atoms with Crippen molar-refractivity contribution >= 4 is 17.6 Å². The molecular formula is C26H26N8O3. The summed E-state index contributed by atoms with van der Waals surface area (Å²) >= 11 is 0. The largest absolute Gasteiger partial charge is 0.481 e. The fourth-order valence-corrected chi connectivity index (χ4v) is 5.14. The number of hydrogen-bond acceptors (Lipinski definition) is 7. The molecular weight excluding hydrogens is 472 g/mol. The van der Waals surface area contributed by atoms with Gasteiger partial charge in [-0.15, -0.1) is 0 Å². The fourth-order valence-electron chi connectivity index (χ4n) is 5.14. The van der Waals surface area contributed by atoms with Gasteiger partial charge in [0.1, 0.15) is 5.69 Å². The number of aromatic amines is 2. The predicted molar refractivity (Wildman–Crippen MR) is 134 cm³/mol. The summed E-state index contributed by atoms with van der Waals surface area (Å²) in [5.74, 6) is 0.413. The first-order chi connectivity index (χ1) is 18.1. The molecule has 37 heavy (non-hydrogen) atoms. The summed E-state index contributed by atoms with van der Waals surface area (Å²) in [6, 6.07) is 8.76. The zero-order valence-electron chi connectivity index (χ0n) is 20.3. The summed E-state index contributed by atoms with van der Waals surface area (Å²) in [4.78, 5) is 36.8. The van der Waals surface area contributed by atoms with Gasteiger partial charge in [0.15, 0.2) is 5.82 Å². The van der Waals surface area contributed by atoms with E-state index in [1.807, 2.05) is 17.0 Å². The van der Waals surface area contributed by atoms with Gasteiger partial charge in [0, 0.05) is 42.2 Å². The molecule has 0 saturated carbocycles. The van der Waals surface area contributed by atoms with Crippen LogP contribution in [0.5, 0.6) is 5.88 Å². The number of anilines is 1. The van der Waals surface area contributed by atoms with E-state index >= 15 is 0 Å². The number of fused-ring (bicyclic) bond motifs is 3. The molecule has 2 amide bonds. The van der Waals surface area contributed by atoms with Gasteiger partial charge in [0.05, 0.1) is 35.8 Å². The highest BCUT2D eigenvalue weighted by molar-refractivity contribution is 6.03. The van der Waals surface area contributed by atoms with Gasteiger partial charge in [-0.3, -0.25) is 24.8 Å². The van der Waals surface area contributed by atoms with E-state index in [-0.39, 0.29) is 17.9 Å². The Bertz CT molecular complexity index is 1460. The summed E-state index contributed by atoms with van der Waals surface area (Å²) in [6.45, 7) is 0.633. The second kappa shape index (κ2) is 9.49. The summed E-state index contributed by atoms with van der Waals surface area (Å²) in [5.41, 5.74) is 5.45. The summed E-state index contributed by atoms with van der Waals surface area (Å²) < 4.78 is 5.04. The molecule has 1 unspecified atom stereocenters. The van der Waals surface area contributed by atoms with E-state index in [0.29, 0.717) is 29.5 Å². The number of nitrogens with zero attached hydrogens (tertiary/aromatic N) is 5. The molecule has 0 radical (unpaired) electrons. The third-order valence-electron chi connectivity index (χ3n) is 7.01. The Balaban J connectivity index is 1.21. The molecule has 11 nitrogen and oxygen atoms in total. The number of likely N-dealkylation sites (tertiary alicyclic amines) is 1. The van der Waals surface area contributed by atoms with Crippen LogP contribution in [0.3, 0.4) is 0 Å². The Labute approximate surface area is 212 Å². The van der Waals surface area contributed by atoms with Crippen LogP contribution in [0, 0.1) is 0 Å². The van der Waals surface area contributed by atoms with Crippen LogP contribution >= 0.6 is 0 Å². The number of aromatic nitrogens is 6. The van der Waals surface area contributed by atoms with Crippen molar-refractivity contribution in [3.63, 3.8) is 0 Å². The van der Waals surface area contributed by atoms with Crippen LogP contribution in [-0.4, -0.2) is 60.7 Å². The minimum absolute atomic E-state index is 0.0738. The number of carbonyl (C=O) groups excluding carboxylic acids is 2. The smallest absolute Gasteiger partial charge is 0.272 e. The predicted octanol–water partition coefficient (Wildman–Crippen LogP) is 3.32. The molecule has 4 aromatic heterocycles. The van der Waals surface area contributed by atoms with Gasteiger partial charge in [0.25, 0.3) is 11.8 Å². The number of pyridine rings is 2. The van der Waals surface area contributed by atoms with Gasteiger partial charge in [-0.2, -0.15) is 10.2 Å². The first-order valence-corrected chi connectivity index (χ1v) is 12.3. The van der Waals surface area contributed by atoms with E-state index in [4.69, 9.17) is 4.74 Å². The fraction of sp³-hybridized carbons (Fsp3) is 0.308. The number of rotatable bonds is 5. The number of carbonyl (C=O) groups is 2. The molecule has 4 aromatic rings. The Morgan fingerprint density at radius 2 is 2.03 bits per heavy atom. The zero-order chi connectivity index (χ0) is 25.4. The molecule has 188 valence electrons. The van der Waals surface area contributed by atoms with Crippen molar-refractivity contribution in [3.8, 4) is 17.1 Å². The Hall–Kier alpha value is -4.54. The number of piperidine rings is 1. The van der Waals surface area contributed by atoms with Crippen molar-refractivity contribution in [2.45, 2.75) is 38.1 Å². The van der Waals surface area contributed by atoms with Crippen LogP contribution in [0.25, 0.3) is 11.3 Å². The molecule has 0 aromatic carbocycles. The molecule has 0 bridgehead atoms. The third kappa shape index (κ3) is 4.22. The molecule has 0 spiro atoms. The van der Waals surface area contributed by atoms with Crippen LogP contribution in [0.15, 0.2) is 42.7 Å². The molecule has 1 atom stereocenters. The van der Waals surface area contributed by atoms with Crippen LogP contribution in [0.1, 0.15) is 63.1 Å². The number of hydrogen-bond donors (Lipinski definition) is 3. The average molecular weight is 499 g/mol. The van der Waals surface area contributed by atoms with E-state index in [1.165, 1.54) is 13.3 Å². The topological polar surface area (TPSA) is 142 Å². The second-order valence-electron chi connectivity index (χ2n) is 9.19. The van der Waals surface area contributed by atoms with Gasteiger partial charge in [-0.05, 0) is 50.3 Å². The lowest BCUT2D eigenvalue weighted by atomic mass is 9.91. The van der Waals surface area contributed by atoms with Crippen molar-refractivity contribution in [2.75, 3.05) is 19.0 Å². The molecule has 1 aliphatic carbocycles. The number of amides is 2. The van der Waals surface area contributed by atoms with Crippen LogP contribution in [-0.2, 0) is 12.8 Å². The van der Waals surface area contributed by atoms with E-state index < -0.39 is 0 Å². The third-order valence-corrected chi connectivity index (χ3v) is 7.01. The standard InChI is InChI=1S/C26H26N8O3/c1-37-22-10-7-15(14-28-22)25(35)29-21-13-19(30-31-21)20-6-2-3-12-34(20)26(36)24-17-8-9-18-16(5-4-11-27-18)23(17)32-33-24/h4-5,7,10-11,13-14,20H,2-3,6,8-9,12H2,1H3,(H,32,33)(H2,29,30,31,35). The first-order valence-electron chi connectivity index (χ1n) is 12.3. The van der Waals surface area contributed by atoms with E-state index in [0.717, 1.165) is 60.3 Å². The Kier molecular flexibility index (Phi) is 5.87. The monoisotopic (exact) mass is 498 g/mol.